The summed E-state index contributed by atoms with van der Waals surface area (Å²) in [5.74, 6) is -2.94. The number of alkyl halides is 5. The number of amides is 1. The first kappa shape index (κ1) is 37.1. The number of halogens is 5. The number of fused-ring (bicyclic) bond motifs is 5. The zero-order chi connectivity index (χ0) is 35.0. The van der Waals surface area contributed by atoms with E-state index < -0.39 is 36.1 Å². The van der Waals surface area contributed by atoms with Crippen molar-refractivity contribution in [1.29, 1.82) is 0 Å². The first-order valence-corrected chi connectivity index (χ1v) is 20.1. The van der Waals surface area contributed by atoms with Gasteiger partial charge in [0.1, 0.15) is 17.3 Å². The predicted molar refractivity (Wildman–Crippen MR) is 179 cm³/mol. The van der Waals surface area contributed by atoms with Crippen molar-refractivity contribution in [3.8, 4) is 5.75 Å². The Kier molecular flexibility index (Phi) is 11.5. The molecule has 2 heterocycles. The molecule has 2 saturated carbocycles. The fraction of sp³-hybridized carbons (Fsp3) is 0.811. The van der Waals surface area contributed by atoms with Crippen molar-refractivity contribution in [2.75, 3.05) is 37.7 Å². The van der Waals surface area contributed by atoms with Crippen molar-refractivity contribution in [3.05, 3.63) is 29.3 Å². The van der Waals surface area contributed by atoms with E-state index in [-0.39, 0.29) is 35.0 Å². The summed E-state index contributed by atoms with van der Waals surface area (Å²) in [5.41, 5.74) is 2.28. The number of rotatable bonds is 10. The van der Waals surface area contributed by atoms with Gasteiger partial charge < -0.3 is 24.2 Å². The van der Waals surface area contributed by atoms with Gasteiger partial charge in [0.05, 0.1) is 6.10 Å². The van der Waals surface area contributed by atoms with E-state index >= 15 is 0 Å². The van der Waals surface area contributed by atoms with E-state index in [9.17, 15) is 36.4 Å². The number of aliphatic hydroxyl groups excluding tert-OH is 1. The molecule has 7 atom stereocenters. The van der Waals surface area contributed by atoms with Crippen LogP contribution in [-0.2, 0) is 17.6 Å². The Balaban J connectivity index is 1.09. The highest BCUT2D eigenvalue weighted by Gasteiger charge is 2.57. The van der Waals surface area contributed by atoms with E-state index in [0.29, 0.717) is 49.1 Å². The molecule has 49 heavy (non-hydrogen) atoms. The van der Waals surface area contributed by atoms with Crippen molar-refractivity contribution in [3.63, 3.8) is 0 Å². The van der Waals surface area contributed by atoms with Gasteiger partial charge in [-0.3, -0.25) is 0 Å². The average Bonchev–Trinajstić information content (AvgIpc) is 3.38. The number of benzene rings is 1. The minimum atomic E-state index is -5.59. The van der Waals surface area contributed by atoms with Crippen LogP contribution in [0.3, 0.4) is 0 Å². The van der Waals surface area contributed by atoms with E-state index in [4.69, 9.17) is 4.74 Å². The summed E-state index contributed by atoms with van der Waals surface area (Å²) in [6.07, 6.45) is 3.40. The zero-order valence-electron chi connectivity index (χ0n) is 28.7. The second-order valence-corrected chi connectivity index (χ2v) is 17.4. The first-order chi connectivity index (χ1) is 23.3. The lowest BCUT2D eigenvalue weighted by Gasteiger charge is -2.53. The molecule has 0 radical (unpaired) electrons. The van der Waals surface area contributed by atoms with Gasteiger partial charge >= 0.3 is 18.2 Å². The predicted octanol–water partition coefficient (Wildman–Crippen LogP) is 8.09. The molecule has 2 aliphatic heterocycles. The Labute approximate surface area is 290 Å². The Morgan fingerprint density at radius 3 is 2.43 bits per heavy atom. The molecule has 3 aliphatic carbocycles. The second-order valence-electron chi connectivity index (χ2n) is 15.7. The van der Waals surface area contributed by atoms with Crippen LogP contribution in [0.4, 0.5) is 26.7 Å². The van der Waals surface area contributed by atoms with Crippen LogP contribution in [0, 0.1) is 23.2 Å². The molecule has 1 unspecified atom stereocenters. The Morgan fingerprint density at radius 2 is 1.71 bits per heavy atom. The highest BCUT2D eigenvalue weighted by atomic mass is 32.2. The summed E-state index contributed by atoms with van der Waals surface area (Å²) < 4.78 is 82.8. The Hall–Kier alpha value is -1.63. The number of piperidine rings is 2. The van der Waals surface area contributed by atoms with Crippen molar-refractivity contribution in [1.82, 2.24) is 9.80 Å². The number of carbonyl (C=O) groups is 1. The van der Waals surface area contributed by atoms with Crippen molar-refractivity contribution >= 4 is 17.3 Å². The molecule has 5 aliphatic rings. The van der Waals surface area contributed by atoms with Crippen LogP contribution in [-0.4, -0.2) is 87.5 Å². The van der Waals surface area contributed by atoms with E-state index in [1.807, 2.05) is 17.0 Å². The minimum absolute atomic E-state index is 0.152. The van der Waals surface area contributed by atoms with Gasteiger partial charge in [-0.2, -0.15) is 22.0 Å². The number of nitrogens with zero attached hydrogens (tertiary/aromatic N) is 2. The molecule has 0 aromatic heterocycles. The van der Waals surface area contributed by atoms with Gasteiger partial charge in [-0.05, 0) is 142 Å². The van der Waals surface area contributed by atoms with Gasteiger partial charge in [0, 0.05) is 25.6 Å². The quantitative estimate of drug-likeness (QED) is 0.196. The number of ether oxygens (including phenoxy) is 1. The van der Waals surface area contributed by atoms with Gasteiger partial charge in [-0.15, -0.1) is 0 Å². The molecule has 1 N–H and O–H groups in total. The minimum Gasteiger partial charge on any atom is -0.616 e. The van der Waals surface area contributed by atoms with E-state index in [2.05, 4.69) is 17.9 Å². The number of hydrogen-bond acceptors (Lipinski definition) is 5. The van der Waals surface area contributed by atoms with E-state index in [1.54, 1.807) is 0 Å². The SMILES string of the molecule is C[C@]12CC[C@@H]3c4ccc(OC(=O)N5CCC(N6CCCCC6)CC5)cc4C[C@@H](CCC[S+]([O-])CCCC(F)(F)C(F)(F)F)[C@H]3[C@@H]1CC[C@@H]2O. The molecule has 0 spiro atoms. The Morgan fingerprint density at radius 1 is 1.00 bits per heavy atom. The third-order valence-corrected chi connectivity index (χ3v) is 14.4. The van der Waals surface area contributed by atoms with Crippen LogP contribution in [0.25, 0.3) is 0 Å². The van der Waals surface area contributed by atoms with Crippen LogP contribution in [0.15, 0.2) is 18.2 Å². The van der Waals surface area contributed by atoms with Gasteiger partial charge in [-0.25, -0.2) is 4.79 Å². The maximum atomic E-state index is 13.3. The third kappa shape index (κ3) is 8.07. The first-order valence-electron chi connectivity index (χ1n) is 18.6. The average molecular weight is 717 g/mol. The second kappa shape index (κ2) is 15.2. The van der Waals surface area contributed by atoms with Crippen LogP contribution < -0.4 is 4.74 Å². The van der Waals surface area contributed by atoms with Gasteiger partial charge in [0.15, 0.2) is 0 Å². The fourth-order valence-corrected chi connectivity index (χ4v) is 11.3. The lowest BCUT2D eigenvalue weighted by Crippen LogP contribution is -2.48. The molecular weight excluding hydrogens is 663 g/mol. The normalized spacial score (nSPS) is 31.9. The summed E-state index contributed by atoms with van der Waals surface area (Å²) in [7, 11) is 0. The largest absolute Gasteiger partial charge is 0.616 e. The highest BCUT2D eigenvalue weighted by molar-refractivity contribution is 7.91. The molecule has 2 saturated heterocycles. The molecule has 0 bridgehead atoms. The molecule has 276 valence electrons. The molecule has 6 rings (SSSR count). The molecule has 12 heteroatoms. The molecule has 6 nitrogen and oxygen atoms in total. The lowest BCUT2D eigenvalue weighted by atomic mass is 9.52. The smallest absolute Gasteiger partial charge is 0.453 e. The van der Waals surface area contributed by atoms with Gasteiger partial charge in [0.2, 0.25) is 0 Å². The number of aliphatic hydroxyl groups is 1. The van der Waals surface area contributed by atoms with Crippen molar-refractivity contribution in [2.24, 2.45) is 23.2 Å². The highest BCUT2D eigenvalue weighted by Crippen LogP contribution is 2.62. The summed E-state index contributed by atoms with van der Waals surface area (Å²) >= 11 is -1.48. The van der Waals surface area contributed by atoms with E-state index in [1.165, 1.54) is 24.8 Å². The monoisotopic (exact) mass is 716 g/mol. The van der Waals surface area contributed by atoms with Crippen LogP contribution >= 0.6 is 0 Å². The molecular formula is C37H53F5N2O4S. The molecule has 1 aromatic carbocycles. The van der Waals surface area contributed by atoms with E-state index in [0.717, 1.165) is 70.0 Å². The summed E-state index contributed by atoms with van der Waals surface area (Å²) in [6, 6.07) is 6.58. The van der Waals surface area contributed by atoms with Crippen LogP contribution in [0.1, 0.15) is 107 Å². The Bertz CT molecular complexity index is 1290. The maximum absolute atomic E-state index is 13.3. The summed E-state index contributed by atoms with van der Waals surface area (Å²) in [5, 5.41) is 11.0. The molecule has 4 fully saturated rings. The molecule has 1 aromatic rings. The van der Waals surface area contributed by atoms with Gasteiger partial charge in [0.25, 0.3) is 0 Å². The van der Waals surface area contributed by atoms with Crippen LogP contribution in [0.2, 0.25) is 0 Å². The third-order valence-electron chi connectivity index (χ3n) is 12.9. The number of likely N-dealkylation sites (tertiary alicyclic amines) is 2. The maximum Gasteiger partial charge on any atom is 0.453 e. The fourth-order valence-electron chi connectivity index (χ4n) is 10.2. The van der Waals surface area contributed by atoms with Crippen LogP contribution in [0.5, 0.6) is 5.75 Å². The summed E-state index contributed by atoms with van der Waals surface area (Å²) in [6.45, 7) is 5.89. The number of hydrogen-bond donors (Lipinski definition) is 1. The topological polar surface area (TPSA) is 76.1 Å². The standard InChI is InChI=1S/C37H53F5N2O4S/c1-35-16-12-30-29-9-8-28(48-34(46)44-19-13-27(14-20-44)43-17-3-2-4-18-43)24-26(29)23-25(33(30)31(35)10-11-32(35)45)7-5-21-49(47)22-6-15-36(38,39)37(40,41)42/h8-9,24-25,27,30-33,45H,2-7,10-23H2,1H3/t25-,30-,31+,32+,33-,35+,49?/m1/s1. The lowest BCUT2D eigenvalue weighted by molar-refractivity contribution is -0.284. The van der Waals surface area contributed by atoms with Crippen molar-refractivity contribution in [2.45, 2.75) is 127 Å². The van der Waals surface area contributed by atoms with Crippen molar-refractivity contribution < 1.29 is 41.1 Å². The molecule has 1 amide bonds. The number of carbonyl (C=O) groups excluding carboxylic acids is 1. The zero-order valence-corrected chi connectivity index (χ0v) is 29.5. The summed E-state index contributed by atoms with van der Waals surface area (Å²) in [4.78, 5) is 17.6. The van der Waals surface area contributed by atoms with Gasteiger partial charge in [-0.1, -0.05) is 30.6 Å².